The summed E-state index contributed by atoms with van der Waals surface area (Å²) in [4.78, 5) is 19.1. The van der Waals surface area contributed by atoms with Crippen LogP contribution >= 0.6 is 0 Å². The Morgan fingerprint density at radius 3 is 2.91 bits per heavy atom. The normalized spacial score (nSPS) is 11.4. The van der Waals surface area contributed by atoms with E-state index in [0.29, 0.717) is 28.5 Å². The van der Waals surface area contributed by atoms with Crippen LogP contribution in [0.5, 0.6) is 0 Å². The second-order valence-electron chi connectivity index (χ2n) is 4.88. The molecule has 1 N–H and O–H groups in total. The van der Waals surface area contributed by atoms with Crippen molar-refractivity contribution < 1.29 is 13.9 Å². The van der Waals surface area contributed by atoms with Crippen molar-refractivity contribution in [2.24, 2.45) is 0 Å². The van der Waals surface area contributed by atoms with Crippen LogP contribution in [-0.2, 0) is 4.74 Å². The number of carbonyl (C=O) groups excluding carboxylic acids is 1. The number of para-hydroxylation sites is 2. The van der Waals surface area contributed by atoms with Gasteiger partial charge in [-0.2, -0.15) is 5.26 Å². The lowest BCUT2D eigenvalue weighted by Crippen LogP contribution is -2.00. The van der Waals surface area contributed by atoms with Crippen molar-refractivity contribution in [3.05, 3.63) is 53.2 Å². The number of methoxy groups -OCH3 is 1. The van der Waals surface area contributed by atoms with Crippen LogP contribution < -0.4 is 0 Å². The Kier molecular flexibility index (Phi) is 3.69. The Labute approximate surface area is 132 Å². The van der Waals surface area contributed by atoms with Gasteiger partial charge in [0.25, 0.3) is 0 Å². The molecule has 0 saturated heterocycles. The number of ether oxygens (including phenoxy) is 1. The van der Waals surface area contributed by atoms with E-state index in [2.05, 4.69) is 20.8 Å². The first-order chi connectivity index (χ1) is 11.1. The molecule has 6 heteroatoms. The zero-order valence-electron chi connectivity index (χ0n) is 12.6. The lowest BCUT2D eigenvalue weighted by molar-refractivity contribution is 0.0599. The number of nitriles is 1. The fraction of sp³-hybridized carbons (Fsp3) is 0.118. The van der Waals surface area contributed by atoms with E-state index in [1.54, 1.807) is 13.0 Å². The molecule has 3 rings (SSSR count). The summed E-state index contributed by atoms with van der Waals surface area (Å²) in [7, 11) is 1.30. The zero-order chi connectivity index (χ0) is 16.4. The number of fused-ring (bicyclic) bond motifs is 1. The van der Waals surface area contributed by atoms with Gasteiger partial charge in [0.15, 0.2) is 0 Å². The van der Waals surface area contributed by atoms with Gasteiger partial charge in [-0.25, -0.2) is 9.78 Å². The van der Waals surface area contributed by atoms with Crippen LogP contribution in [0.15, 0.2) is 34.7 Å². The Balaban J connectivity index is 2.02. The van der Waals surface area contributed by atoms with Gasteiger partial charge in [-0.1, -0.05) is 12.1 Å². The summed E-state index contributed by atoms with van der Waals surface area (Å²) >= 11 is 0. The van der Waals surface area contributed by atoms with Crippen molar-refractivity contribution in [3.8, 4) is 6.07 Å². The molecule has 3 aromatic rings. The molecule has 0 atom stereocenters. The van der Waals surface area contributed by atoms with Gasteiger partial charge in [0, 0.05) is 6.08 Å². The molecule has 0 radical (unpaired) electrons. The molecule has 2 heterocycles. The van der Waals surface area contributed by atoms with E-state index in [1.165, 1.54) is 13.2 Å². The highest BCUT2D eigenvalue weighted by Crippen LogP contribution is 2.22. The van der Waals surface area contributed by atoms with Gasteiger partial charge in [0.2, 0.25) is 0 Å². The van der Waals surface area contributed by atoms with Gasteiger partial charge in [0.05, 0.1) is 23.7 Å². The molecule has 0 bridgehead atoms. The number of nitrogens with zero attached hydrogens (tertiary/aromatic N) is 2. The number of nitrogens with one attached hydrogen (secondary N) is 1. The van der Waals surface area contributed by atoms with Gasteiger partial charge in [-0.3, -0.25) is 0 Å². The molecule has 114 valence electrons. The number of allylic oxidation sites excluding steroid dienone is 1. The van der Waals surface area contributed by atoms with E-state index in [9.17, 15) is 10.1 Å². The monoisotopic (exact) mass is 307 g/mol. The minimum absolute atomic E-state index is 0.311. The van der Waals surface area contributed by atoms with E-state index >= 15 is 0 Å². The molecular weight excluding hydrogens is 294 g/mol. The number of imidazole rings is 1. The highest BCUT2D eigenvalue weighted by molar-refractivity contribution is 5.93. The summed E-state index contributed by atoms with van der Waals surface area (Å²) in [6.07, 6.45) is 1.54. The highest BCUT2D eigenvalue weighted by Gasteiger charge is 2.15. The number of hydrogen-bond acceptors (Lipinski definition) is 5. The predicted octanol–water partition coefficient (Wildman–Crippen LogP) is 3.32. The Morgan fingerprint density at radius 2 is 2.22 bits per heavy atom. The number of aromatic nitrogens is 2. The number of rotatable bonds is 3. The summed E-state index contributed by atoms with van der Waals surface area (Å²) in [5, 5.41) is 9.39. The third-order valence-electron chi connectivity index (χ3n) is 3.39. The van der Waals surface area contributed by atoms with Gasteiger partial charge in [-0.15, -0.1) is 0 Å². The van der Waals surface area contributed by atoms with Crippen molar-refractivity contribution in [2.75, 3.05) is 7.11 Å². The second kappa shape index (κ2) is 5.81. The fourth-order valence-corrected chi connectivity index (χ4v) is 2.27. The van der Waals surface area contributed by atoms with Crippen molar-refractivity contribution in [2.45, 2.75) is 6.92 Å². The number of esters is 1. The summed E-state index contributed by atoms with van der Waals surface area (Å²) in [6, 6.07) is 11.1. The molecule has 0 fully saturated rings. The number of furan rings is 1. The highest BCUT2D eigenvalue weighted by atomic mass is 16.5. The fourth-order valence-electron chi connectivity index (χ4n) is 2.27. The Bertz CT molecular complexity index is 924. The SMILES string of the molecule is COC(=O)c1cc(/C=C(/C#N)c2nc3ccccc3[nH]2)oc1C. The van der Waals surface area contributed by atoms with Crippen molar-refractivity contribution in [1.82, 2.24) is 9.97 Å². The first kappa shape index (κ1) is 14.6. The number of hydrogen-bond donors (Lipinski definition) is 1. The molecule has 2 aromatic heterocycles. The number of aryl methyl sites for hydroxylation is 1. The second-order valence-corrected chi connectivity index (χ2v) is 4.88. The number of benzene rings is 1. The average molecular weight is 307 g/mol. The summed E-state index contributed by atoms with van der Waals surface area (Å²) in [5.41, 5.74) is 2.26. The van der Waals surface area contributed by atoms with Gasteiger partial charge >= 0.3 is 5.97 Å². The van der Waals surface area contributed by atoms with Crippen LogP contribution in [0.2, 0.25) is 0 Å². The molecule has 0 spiro atoms. The van der Waals surface area contributed by atoms with Crippen LogP contribution in [0.4, 0.5) is 0 Å². The molecule has 6 nitrogen and oxygen atoms in total. The topological polar surface area (TPSA) is 91.9 Å². The molecule has 0 aliphatic carbocycles. The van der Waals surface area contributed by atoms with Crippen molar-refractivity contribution in [1.29, 1.82) is 5.26 Å². The maximum absolute atomic E-state index is 11.6. The smallest absolute Gasteiger partial charge is 0.341 e. The van der Waals surface area contributed by atoms with Crippen molar-refractivity contribution in [3.63, 3.8) is 0 Å². The minimum Gasteiger partial charge on any atom is -0.465 e. The quantitative estimate of drug-likeness (QED) is 0.592. The van der Waals surface area contributed by atoms with Crippen LogP contribution in [0, 0.1) is 18.3 Å². The zero-order valence-corrected chi connectivity index (χ0v) is 12.6. The first-order valence-electron chi connectivity index (χ1n) is 6.88. The summed E-state index contributed by atoms with van der Waals surface area (Å²) in [5.74, 6) is 0.792. The lowest BCUT2D eigenvalue weighted by Gasteiger charge is -1.93. The molecule has 0 aliphatic rings. The summed E-state index contributed by atoms with van der Waals surface area (Å²) in [6.45, 7) is 1.66. The van der Waals surface area contributed by atoms with E-state index in [4.69, 9.17) is 4.42 Å². The molecule has 0 saturated carbocycles. The Morgan fingerprint density at radius 1 is 1.43 bits per heavy atom. The molecular formula is C17H13N3O3. The molecule has 0 amide bonds. The third-order valence-corrected chi connectivity index (χ3v) is 3.39. The van der Waals surface area contributed by atoms with Gasteiger partial charge in [0.1, 0.15) is 29.0 Å². The maximum Gasteiger partial charge on any atom is 0.341 e. The van der Waals surface area contributed by atoms with E-state index in [0.717, 1.165) is 11.0 Å². The standard InChI is InChI=1S/C17H13N3O3/c1-10-13(17(21)22-2)8-12(23-10)7-11(9-18)16-19-14-5-3-4-6-15(14)20-16/h3-8H,1-2H3,(H,19,20)/b11-7-. The van der Waals surface area contributed by atoms with Crippen LogP contribution in [-0.4, -0.2) is 23.0 Å². The van der Waals surface area contributed by atoms with E-state index < -0.39 is 5.97 Å². The van der Waals surface area contributed by atoms with Gasteiger partial charge in [-0.05, 0) is 25.1 Å². The lowest BCUT2D eigenvalue weighted by atomic mass is 10.2. The average Bonchev–Trinajstić information content (AvgIpc) is 3.15. The largest absolute Gasteiger partial charge is 0.465 e. The van der Waals surface area contributed by atoms with Gasteiger partial charge < -0.3 is 14.1 Å². The number of aromatic amines is 1. The summed E-state index contributed by atoms with van der Waals surface area (Å²) < 4.78 is 10.2. The molecule has 0 aliphatic heterocycles. The Hall–Kier alpha value is -3.33. The third kappa shape index (κ3) is 2.72. The van der Waals surface area contributed by atoms with E-state index in [1.807, 2.05) is 24.3 Å². The maximum atomic E-state index is 11.6. The molecule has 0 unspecified atom stereocenters. The van der Waals surface area contributed by atoms with E-state index in [-0.39, 0.29) is 0 Å². The van der Waals surface area contributed by atoms with Crippen molar-refractivity contribution >= 4 is 28.7 Å². The number of H-pyrrole nitrogens is 1. The van der Waals surface area contributed by atoms with Crippen LogP contribution in [0.3, 0.4) is 0 Å². The predicted molar refractivity (Wildman–Crippen MR) is 84.4 cm³/mol. The van der Waals surface area contributed by atoms with Crippen LogP contribution in [0.25, 0.3) is 22.7 Å². The molecule has 1 aromatic carbocycles. The minimum atomic E-state index is -0.479. The first-order valence-corrected chi connectivity index (χ1v) is 6.88. The number of carbonyl (C=O) groups is 1. The van der Waals surface area contributed by atoms with Crippen LogP contribution in [0.1, 0.15) is 27.7 Å². The molecule has 23 heavy (non-hydrogen) atoms.